The minimum atomic E-state index is -4.95. The summed E-state index contributed by atoms with van der Waals surface area (Å²) in [7, 11) is -9.82. The third-order valence-electron chi connectivity index (χ3n) is 18.2. The van der Waals surface area contributed by atoms with Crippen molar-refractivity contribution in [2.45, 2.75) is 373 Å². The Labute approximate surface area is 676 Å². The van der Waals surface area contributed by atoms with Gasteiger partial charge in [-0.3, -0.25) is 32.5 Å². The van der Waals surface area contributed by atoms with Crippen molar-refractivity contribution in [3.05, 3.63) is 158 Å². The molecule has 0 rings (SSSR count). The molecule has 4 N–H and O–H groups in total. The van der Waals surface area contributed by atoms with E-state index in [2.05, 4.69) is 179 Å². The van der Waals surface area contributed by atoms with Gasteiger partial charge in [-0.15, -0.1) is 0 Å². The van der Waals surface area contributed by atoms with Gasteiger partial charge in [0.1, 0.15) is 25.4 Å². The Kier molecular flexibility index (Phi) is 80.9. The van der Waals surface area contributed by atoms with Crippen LogP contribution in [0.5, 0.6) is 0 Å². The molecule has 0 saturated carbocycles. The van der Waals surface area contributed by atoms with Crippen LogP contribution in [0.25, 0.3) is 0 Å². The van der Waals surface area contributed by atoms with Crippen molar-refractivity contribution in [1.82, 2.24) is 0 Å². The molecule has 16 nitrogen and oxygen atoms in total. The number of aliphatic hydroxyl groups is 2. The number of carbonyl (C=O) groups excluding carboxylic acids is 3. The number of hydrogen-bond acceptors (Lipinski definition) is 14. The predicted octanol–water partition coefficient (Wildman–Crippen LogP) is 26.5. The zero-order valence-electron chi connectivity index (χ0n) is 69.8. The molecule has 0 amide bonds. The second-order valence-electron chi connectivity index (χ2n) is 29.0. The second kappa shape index (κ2) is 84.6. The molecule has 0 aromatic rings. The summed E-state index contributed by atoms with van der Waals surface area (Å²) in [6, 6.07) is 0. The Morgan fingerprint density at radius 2 is 0.477 bits per heavy atom. The fourth-order valence-corrected chi connectivity index (χ4v) is 13.2. The van der Waals surface area contributed by atoms with Crippen molar-refractivity contribution >= 4 is 33.6 Å². The summed E-state index contributed by atoms with van der Waals surface area (Å²) in [5, 5.41) is 20.7. The molecule has 0 aliphatic heterocycles. The summed E-state index contributed by atoms with van der Waals surface area (Å²) in [6.07, 6.45) is 107. The number of rotatable bonds is 82. The number of hydrogen-bond donors (Lipinski definition) is 4. The summed E-state index contributed by atoms with van der Waals surface area (Å²) in [5.41, 5.74) is 0. The van der Waals surface area contributed by atoms with E-state index in [0.29, 0.717) is 19.3 Å². The number of ether oxygens (including phenoxy) is 3. The van der Waals surface area contributed by atoms with Crippen LogP contribution in [-0.4, -0.2) is 95.9 Å². The lowest BCUT2D eigenvalue weighted by Gasteiger charge is -2.21. The van der Waals surface area contributed by atoms with E-state index in [0.717, 1.165) is 167 Å². The monoisotopic (exact) mass is 1590 g/mol. The lowest BCUT2D eigenvalue weighted by molar-refractivity contribution is -0.161. The smallest absolute Gasteiger partial charge is 0.463 e. The number of esters is 3. The molecule has 0 bridgehead atoms. The van der Waals surface area contributed by atoms with Crippen LogP contribution in [0.15, 0.2) is 158 Å². The number of phosphoric ester groups is 2. The number of aliphatic hydroxyl groups excluding tert-OH is 2. The maximum Gasteiger partial charge on any atom is 0.472 e. The minimum absolute atomic E-state index is 0.0750. The van der Waals surface area contributed by atoms with Gasteiger partial charge in [0.25, 0.3) is 0 Å². The highest BCUT2D eigenvalue weighted by atomic mass is 31.2. The number of unbranched alkanes of at least 4 members (excludes halogenated alkanes) is 33. The Morgan fingerprint density at radius 3 is 0.757 bits per heavy atom. The van der Waals surface area contributed by atoms with Crippen molar-refractivity contribution in [2.75, 3.05) is 39.6 Å². The van der Waals surface area contributed by atoms with Crippen LogP contribution in [0.2, 0.25) is 0 Å². The van der Waals surface area contributed by atoms with Crippen molar-refractivity contribution < 1.29 is 75.8 Å². The van der Waals surface area contributed by atoms with Gasteiger partial charge in [-0.25, -0.2) is 9.13 Å². The van der Waals surface area contributed by atoms with Crippen LogP contribution < -0.4 is 0 Å². The third-order valence-corrected chi connectivity index (χ3v) is 20.1. The standard InChI is InChI=1S/C93H158O16P2/c1-4-7-10-13-16-19-22-25-28-31-34-37-39-40-41-42-43-44-45-46-48-51-52-55-58-61-64-67-70-73-76-79-91(96)103-82-88(94)83-105-110(99,100)106-84-89(95)85-107-111(101,102)108-87-90(109-93(98)81-78-75-72-69-66-63-60-57-54-49-36-33-30-27-24-21-18-15-12-9-6-3)86-104-92(97)80-77-74-71-68-65-62-59-56-53-50-47-38-35-32-29-26-23-20-17-14-11-8-5-2/h9,12,16-21,25-30,34-38,40-41,49-50,53,57,60,88-90,94-95H,4-8,10-11,13-15,22-24,31-33,39,42-48,51-52,54-56,58-59,61-87H2,1-3H3,(H,99,100)(H,101,102)/b12-9-,19-16-,20-17-,21-18-,28-25-,29-26-,30-27-,37-34-,38-35-,41-40-,49-36-,53-50-,60-57-. The van der Waals surface area contributed by atoms with E-state index >= 15 is 0 Å². The van der Waals surface area contributed by atoms with Crippen molar-refractivity contribution in [1.29, 1.82) is 0 Å². The zero-order chi connectivity index (χ0) is 80.8. The molecule has 0 fully saturated rings. The van der Waals surface area contributed by atoms with Gasteiger partial charge in [0, 0.05) is 19.3 Å². The molecule has 0 aliphatic carbocycles. The average molecular weight is 1590 g/mol. The molecule has 0 heterocycles. The third kappa shape index (κ3) is 85.9. The van der Waals surface area contributed by atoms with E-state index in [1.807, 2.05) is 0 Å². The maximum absolute atomic E-state index is 13.0. The van der Waals surface area contributed by atoms with Crippen LogP contribution in [0.3, 0.4) is 0 Å². The average Bonchev–Trinajstić information content (AvgIpc) is 0.898. The van der Waals surface area contributed by atoms with E-state index in [9.17, 15) is 43.5 Å². The molecule has 636 valence electrons. The topological polar surface area (TPSA) is 231 Å². The van der Waals surface area contributed by atoms with Crippen molar-refractivity contribution in [3.8, 4) is 0 Å². The Bertz CT molecular complexity index is 2650. The van der Waals surface area contributed by atoms with Gasteiger partial charge < -0.3 is 34.2 Å². The number of allylic oxidation sites excluding steroid dienone is 26. The van der Waals surface area contributed by atoms with Crippen LogP contribution in [-0.2, 0) is 55.8 Å². The summed E-state index contributed by atoms with van der Waals surface area (Å²) < 4.78 is 61.4. The van der Waals surface area contributed by atoms with Gasteiger partial charge in [-0.05, 0) is 154 Å². The van der Waals surface area contributed by atoms with E-state index in [1.165, 1.54) is 128 Å². The highest BCUT2D eigenvalue weighted by molar-refractivity contribution is 7.47. The van der Waals surface area contributed by atoms with Gasteiger partial charge in [0.15, 0.2) is 6.10 Å². The molecular formula is C93H158O16P2. The lowest BCUT2D eigenvalue weighted by Crippen LogP contribution is -2.30. The molecule has 18 heteroatoms. The van der Waals surface area contributed by atoms with Gasteiger partial charge in [0.05, 0.1) is 26.4 Å². The molecule has 0 radical (unpaired) electrons. The van der Waals surface area contributed by atoms with E-state index in [1.54, 1.807) is 0 Å². The van der Waals surface area contributed by atoms with Gasteiger partial charge in [-0.1, -0.05) is 339 Å². The maximum atomic E-state index is 13.0. The molecule has 0 aromatic heterocycles. The Hall–Kier alpha value is -4.83. The summed E-state index contributed by atoms with van der Waals surface area (Å²) >= 11 is 0. The first-order valence-electron chi connectivity index (χ1n) is 43.8. The first kappa shape index (κ1) is 106. The SMILES string of the molecule is CC/C=C\C/C=C\C/C=C\C/C=C\C/C=C\CCCCCCCC(=O)OC(COC(=O)CCCCCCCCC/C=C\C/C=C\C/C=C\C/C=C\CCCCC)COP(=O)(O)OCC(O)COP(=O)(O)OCC(O)COC(=O)CCCCCCCCCCCCCCCCC/C=C\C/C=C\C/C=C\C/C=C\CCCCC. The normalized spacial score (nSPS) is 14.6. The number of phosphoric acid groups is 2. The Balaban J connectivity index is 4.61. The van der Waals surface area contributed by atoms with Crippen LogP contribution in [0.1, 0.15) is 355 Å². The van der Waals surface area contributed by atoms with Crippen LogP contribution in [0.4, 0.5) is 0 Å². The molecule has 111 heavy (non-hydrogen) atoms. The summed E-state index contributed by atoms with van der Waals surface area (Å²) in [5.74, 6) is -1.61. The zero-order valence-corrected chi connectivity index (χ0v) is 71.6. The molecule has 0 aromatic carbocycles. The quantitative estimate of drug-likeness (QED) is 0.0146. The molecule has 0 spiro atoms. The van der Waals surface area contributed by atoms with Gasteiger partial charge in [-0.2, -0.15) is 0 Å². The van der Waals surface area contributed by atoms with Crippen LogP contribution in [0, 0.1) is 0 Å². The molecule has 5 unspecified atom stereocenters. The Morgan fingerprint density at radius 1 is 0.261 bits per heavy atom. The first-order chi connectivity index (χ1) is 54.2. The second-order valence-corrected chi connectivity index (χ2v) is 31.9. The summed E-state index contributed by atoms with van der Waals surface area (Å²) in [4.78, 5) is 58.9. The van der Waals surface area contributed by atoms with Gasteiger partial charge in [0.2, 0.25) is 0 Å². The highest BCUT2D eigenvalue weighted by Crippen LogP contribution is 2.45. The lowest BCUT2D eigenvalue weighted by atomic mass is 10.0. The minimum Gasteiger partial charge on any atom is -0.463 e. The molecule has 0 aliphatic rings. The van der Waals surface area contributed by atoms with E-state index in [-0.39, 0.29) is 19.3 Å². The fraction of sp³-hybridized carbons (Fsp3) is 0.688. The molecule has 5 atom stereocenters. The van der Waals surface area contributed by atoms with Crippen molar-refractivity contribution in [2.24, 2.45) is 0 Å². The summed E-state index contributed by atoms with van der Waals surface area (Å²) in [6.45, 7) is 2.50. The fourth-order valence-electron chi connectivity index (χ4n) is 11.6. The number of carbonyl (C=O) groups is 3. The van der Waals surface area contributed by atoms with Crippen LogP contribution >= 0.6 is 15.6 Å². The molecular weight excluding hydrogens is 1430 g/mol. The van der Waals surface area contributed by atoms with Gasteiger partial charge >= 0.3 is 33.6 Å². The first-order valence-corrected chi connectivity index (χ1v) is 46.8. The van der Waals surface area contributed by atoms with Crippen molar-refractivity contribution in [3.63, 3.8) is 0 Å². The predicted molar refractivity (Wildman–Crippen MR) is 463 cm³/mol. The van der Waals surface area contributed by atoms with E-state index in [4.69, 9.17) is 32.3 Å². The van der Waals surface area contributed by atoms with E-state index < -0.39 is 91.5 Å². The largest absolute Gasteiger partial charge is 0.472 e. The molecule has 0 saturated heterocycles. The highest BCUT2D eigenvalue weighted by Gasteiger charge is 2.29.